The van der Waals surface area contributed by atoms with Crippen LogP contribution in [0.5, 0.6) is 0 Å². The third-order valence-electron chi connectivity index (χ3n) is 0.614. The number of hydrogen-bond donors (Lipinski definition) is 0. The highest BCUT2D eigenvalue weighted by molar-refractivity contribution is 6.67. The van der Waals surface area contributed by atoms with E-state index in [1.165, 1.54) is 6.42 Å². The molecule has 0 aromatic carbocycles. The largest absolute Gasteiger partial charge is 0.461 e. The van der Waals surface area contributed by atoms with Crippen molar-refractivity contribution in [3.05, 3.63) is 6.42 Å². The normalized spacial score (nSPS) is 11.2. The molecule has 0 aliphatic rings. The number of hydrogen-bond acceptors (Lipinski definition) is 2. The molecule has 0 spiro atoms. The van der Waals surface area contributed by atoms with Crippen LogP contribution in [0.25, 0.3) is 0 Å². The number of halogens is 3. The van der Waals surface area contributed by atoms with Crippen molar-refractivity contribution in [2.75, 3.05) is 6.61 Å². The van der Waals surface area contributed by atoms with E-state index in [1.54, 1.807) is 6.92 Å². The molecule has 0 saturated heterocycles. The third kappa shape index (κ3) is 6.46. The van der Waals surface area contributed by atoms with Crippen molar-refractivity contribution in [3.8, 4) is 0 Å². The first-order chi connectivity index (χ1) is 4.45. The van der Waals surface area contributed by atoms with Gasteiger partial charge in [-0.3, -0.25) is 4.79 Å². The van der Waals surface area contributed by atoms with E-state index in [-0.39, 0.29) is 6.61 Å². The molecule has 0 aliphatic heterocycles. The van der Waals surface area contributed by atoms with Crippen LogP contribution >= 0.6 is 34.8 Å². The molecule has 0 aliphatic carbocycles. The van der Waals surface area contributed by atoms with Gasteiger partial charge in [0.15, 0.2) is 0 Å². The zero-order valence-corrected chi connectivity index (χ0v) is 7.50. The van der Waals surface area contributed by atoms with Crippen LogP contribution in [-0.2, 0) is 9.53 Å². The Hall–Kier alpha value is 0.340. The second-order valence-corrected chi connectivity index (χ2v) is 4.03. The second-order valence-electron chi connectivity index (χ2n) is 1.51. The fourth-order valence-corrected chi connectivity index (χ4v) is 0.400. The Morgan fingerprint density at radius 2 is 2.10 bits per heavy atom. The van der Waals surface area contributed by atoms with Crippen molar-refractivity contribution >= 4 is 40.8 Å². The number of carbonyl (C=O) groups is 1. The van der Waals surface area contributed by atoms with Gasteiger partial charge in [-0.25, -0.2) is 0 Å². The molecule has 1 radical (unpaired) electrons. The molecule has 0 heterocycles. The number of ether oxygens (including phenoxy) is 1. The quantitative estimate of drug-likeness (QED) is 0.509. The zero-order chi connectivity index (χ0) is 8.20. The van der Waals surface area contributed by atoms with Crippen LogP contribution in [0.4, 0.5) is 0 Å². The summed E-state index contributed by atoms with van der Waals surface area (Å²) in [6.45, 7) is 1.32. The lowest BCUT2D eigenvalue weighted by Gasteiger charge is -2.09. The van der Waals surface area contributed by atoms with Gasteiger partial charge in [-0.05, 0) is 0 Å². The lowest BCUT2D eigenvalue weighted by molar-refractivity contribution is -0.139. The lowest BCUT2D eigenvalue weighted by Crippen LogP contribution is -2.16. The molecule has 10 heavy (non-hydrogen) atoms. The van der Waals surface area contributed by atoms with Gasteiger partial charge in [-0.1, -0.05) is 41.7 Å². The molecule has 0 unspecified atom stereocenters. The van der Waals surface area contributed by atoms with Crippen LogP contribution in [0.2, 0.25) is 0 Å². The highest BCUT2D eigenvalue weighted by atomic mass is 35.6. The summed E-state index contributed by atoms with van der Waals surface area (Å²) in [6, 6.07) is 0. The van der Waals surface area contributed by atoms with Gasteiger partial charge in [0.2, 0.25) is 3.79 Å². The Kier molecular flexibility index (Phi) is 4.41. The Morgan fingerprint density at radius 1 is 1.60 bits per heavy atom. The molecule has 0 amide bonds. The van der Waals surface area contributed by atoms with E-state index in [9.17, 15) is 4.79 Å². The van der Waals surface area contributed by atoms with Crippen molar-refractivity contribution in [1.82, 2.24) is 0 Å². The molecular formula is C5H6Cl3O2. The van der Waals surface area contributed by atoms with Gasteiger partial charge < -0.3 is 4.74 Å². The summed E-state index contributed by atoms with van der Waals surface area (Å²) in [5.41, 5.74) is 0. The Balaban J connectivity index is 3.46. The maximum Gasteiger partial charge on any atom is 0.309 e. The summed E-state index contributed by atoms with van der Waals surface area (Å²) in [4.78, 5) is 10.4. The second kappa shape index (κ2) is 4.27. The molecule has 0 aromatic heterocycles. The van der Waals surface area contributed by atoms with Crippen molar-refractivity contribution < 1.29 is 9.53 Å². The first-order valence-electron chi connectivity index (χ1n) is 2.48. The van der Waals surface area contributed by atoms with E-state index in [0.29, 0.717) is 0 Å². The van der Waals surface area contributed by atoms with Gasteiger partial charge in [-0.2, -0.15) is 0 Å². The maximum atomic E-state index is 10.4. The van der Waals surface area contributed by atoms with Crippen LogP contribution in [0.15, 0.2) is 0 Å². The molecule has 0 N–H and O–H groups in total. The Labute approximate surface area is 74.4 Å². The van der Waals surface area contributed by atoms with Crippen LogP contribution in [0.1, 0.15) is 6.92 Å². The molecule has 0 bridgehead atoms. The predicted octanol–water partition coefficient (Wildman–Crippen LogP) is 2.12. The van der Waals surface area contributed by atoms with Crippen LogP contribution in [-0.4, -0.2) is 16.4 Å². The molecule has 0 fully saturated rings. The third-order valence-corrected chi connectivity index (χ3v) is 0.941. The van der Waals surface area contributed by atoms with Gasteiger partial charge in [0, 0.05) is 0 Å². The van der Waals surface area contributed by atoms with Crippen molar-refractivity contribution in [2.45, 2.75) is 10.7 Å². The van der Waals surface area contributed by atoms with E-state index >= 15 is 0 Å². The first kappa shape index (κ1) is 10.3. The molecule has 5 heteroatoms. The zero-order valence-electron chi connectivity index (χ0n) is 5.23. The topological polar surface area (TPSA) is 26.3 Å². The monoisotopic (exact) mass is 203 g/mol. The smallest absolute Gasteiger partial charge is 0.309 e. The summed E-state index contributed by atoms with van der Waals surface area (Å²) in [6.07, 6.45) is 1.25. The summed E-state index contributed by atoms with van der Waals surface area (Å²) >= 11 is 15.8. The van der Waals surface area contributed by atoms with Crippen LogP contribution in [0.3, 0.4) is 0 Å². The fraction of sp³-hybridized carbons (Fsp3) is 0.600. The van der Waals surface area contributed by atoms with Gasteiger partial charge in [0.1, 0.15) is 6.61 Å². The van der Waals surface area contributed by atoms with Gasteiger partial charge in [0.25, 0.3) is 0 Å². The Morgan fingerprint density at radius 3 is 2.40 bits per heavy atom. The van der Waals surface area contributed by atoms with Crippen molar-refractivity contribution in [1.29, 1.82) is 0 Å². The van der Waals surface area contributed by atoms with Crippen LogP contribution in [0, 0.1) is 6.42 Å². The molecule has 0 atom stereocenters. The minimum atomic E-state index is -1.52. The number of alkyl halides is 3. The summed E-state index contributed by atoms with van der Waals surface area (Å²) in [7, 11) is 0. The summed E-state index contributed by atoms with van der Waals surface area (Å²) in [5.74, 6) is -0.494. The minimum absolute atomic E-state index is 0.221. The Bertz CT molecular complexity index is 119. The van der Waals surface area contributed by atoms with Crippen molar-refractivity contribution in [3.63, 3.8) is 0 Å². The molecule has 2 nitrogen and oxygen atoms in total. The van der Waals surface area contributed by atoms with E-state index < -0.39 is 9.76 Å². The highest BCUT2D eigenvalue weighted by Crippen LogP contribution is 2.25. The van der Waals surface area contributed by atoms with Gasteiger partial charge in [0.05, 0.1) is 6.42 Å². The minimum Gasteiger partial charge on any atom is -0.461 e. The van der Waals surface area contributed by atoms with E-state index in [4.69, 9.17) is 34.8 Å². The van der Waals surface area contributed by atoms with E-state index in [1.807, 2.05) is 0 Å². The average Bonchev–Trinajstić information content (AvgIpc) is 1.81. The number of esters is 1. The first-order valence-corrected chi connectivity index (χ1v) is 3.62. The molecule has 0 rings (SSSR count). The predicted molar refractivity (Wildman–Crippen MR) is 41.2 cm³/mol. The molecular weight excluding hydrogens is 198 g/mol. The number of rotatable bonds is 2. The molecule has 0 aromatic rings. The highest BCUT2D eigenvalue weighted by Gasteiger charge is 2.21. The molecule has 0 saturated carbocycles. The summed E-state index contributed by atoms with van der Waals surface area (Å²) in [5, 5.41) is 0. The fourth-order valence-electron chi connectivity index (χ4n) is 0.236. The van der Waals surface area contributed by atoms with Gasteiger partial charge in [-0.15, -0.1) is 0 Å². The standard InChI is InChI=1S/C5H6Cl3O2/c1-2-4(9)10-3-5(6,7)8/h2H,3H2,1H3. The van der Waals surface area contributed by atoms with Crippen LogP contribution < -0.4 is 0 Å². The van der Waals surface area contributed by atoms with Crippen molar-refractivity contribution in [2.24, 2.45) is 0 Å². The van der Waals surface area contributed by atoms with Gasteiger partial charge >= 0.3 is 5.97 Å². The number of carbonyl (C=O) groups excluding carboxylic acids is 1. The van der Waals surface area contributed by atoms with E-state index in [2.05, 4.69) is 4.74 Å². The lowest BCUT2D eigenvalue weighted by atomic mass is 10.5. The summed E-state index contributed by atoms with van der Waals surface area (Å²) < 4.78 is 2.95. The SMILES string of the molecule is C[CH]C(=O)OCC(Cl)(Cl)Cl. The maximum absolute atomic E-state index is 10.4. The van der Waals surface area contributed by atoms with E-state index in [0.717, 1.165) is 0 Å². The average molecular weight is 204 g/mol. The molecule has 59 valence electrons.